The summed E-state index contributed by atoms with van der Waals surface area (Å²) >= 11 is 0. The van der Waals surface area contributed by atoms with E-state index in [4.69, 9.17) is 9.47 Å². The second-order valence-corrected chi connectivity index (χ2v) is 10.3. The van der Waals surface area contributed by atoms with Crippen LogP contribution < -0.4 is 15.3 Å². The van der Waals surface area contributed by atoms with Gasteiger partial charge in [-0.1, -0.05) is 72.8 Å². The van der Waals surface area contributed by atoms with Crippen molar-refractivity contribution in [3.63, 3.8) is 0 Å². The van der Waals surface area contributed by atoms with Gasteiger partial charge in [-0.05, 0) is 12.1 Å². The monoisotopic (exact) mass is 424 g/mol. The highest BCUT2D eigenvalue weighted by atomic mass is 31.2. The molecule has 156 valence electrons. The zero-order valence-corrected chi connectivity index (χ0v) is 17.4. The fraction of sp³-hybridized carbons (Fsp3) is 0.250. The summed E-state index contributed by atoms with van der Waals surface area (Å²) < 4.78 is 26.3. The standard InChI is InChI=1S/C24H25O5P/c25-20-13-7-8-14-22(20)29-24-21(26)15-16-28-23(24)17-30(27,18-9-3-1-4-10-18)19-11-5-2-6-12-19/h1-14,21,23-26H,15-17H2/t21-,23-,24+/m1/s1. The van der Waals surface area contributed by atoms with Gasteiger partial charge in [-0.2, -0.15) is 0 Å². The van der Waals surface area contributed by atoms with Crippen LogP contribution >= 0.6 is 7.14 Å². The Labute approximate surface area is 176 Å². The van der Waals surface area contributed by atoms with E-state index in [2.05, 4.69) is 0 Å². The van der Waals surface area contributed by atoms with Crippen LogP contribution in [0.15, 0.2) is 84.9 Å². The topological polar surface area (TPSA) is 76.0 Å². The molecule has 0 aliphatic carbocycles. The zero-order valence-electron chi connectivity index (χ0n) is 16.5. The molecule has 0 spiro atoms. The average Bonchev–Trinajstić information content (AvgIpc) is 2.78. The molecule has 5 nitrogen and oxygen atoms in total. The molecule has 1 fully saturated rings. The molecule has 0 unspecified atom stereocenters. The Morgan fingerprint density at radius 3 is 2.07 bits per heavy atom. The number of hydrogen-bond donors (Lipinski definition) is 2. The summed E-state index contributed by atoms with van der Waals surface area (Å²) in [6.07, 6.45) is -1.53. The van der Waals surface area contributed by atoms with Crippen molar-refractivity contribution < 1.29 is 24.3 Å². The van der Waals surface area contributed by atoms with Crippen LogP contribution in [0.3, 0.4) is 0 Å². The maximum atomic E-state index is 14.4. The quantitative estimate of drug-likeness (QED) is 0.594. The molecule has 0 bridgehead atoms. The van der Waals surface area contributed by atoms with Gasteiger partial charge in [-0.25, -0.2) is 0 Å². The van der Waals surface area contributed by atoms with Crippen molar-refractivity contribution in [1.82, 2.24) is 0 Å². The van der Waals surface area contributed by atoms with E-state index in [0.717, 1.165) is 10.6 Å². The number of phenolic OH excluding ortho intramolecular Hbond substituents is 1. The predicted octanol–water partition coefficient (Wildman–Crippen LogP) is 3.30. The number of aliphatic hydroxyl groups excluding tert-OH is 1. The Morgan fingerprint density at radius 2 is 1.47 bits per heavy atom. The largest absolute Gasteiger partial charge is 0.504 e. The molecular formula is C24H25O5P. The van der Waals surface area contributed by atoms with Gasteiger partial charge in [0.25, 0.3) is 0 Å². The number of hydrogen-bond acceptors (Lipinski definition) is 5. The minimum Gasteiger partial charge on any atom is -0.504 e. The number of aliphatic hydroxyl groups is 1. The first kappa shape index (κ1) is 20.7. The second-order valence-electron chi connectivity index (χ2n) is 7.41. The average molecular weight is 424 g/mol. The van der Waals surface area contributed by atoms with Gasteiger partial charge in [0.2, 0.25) is 0 Å². The number of para-hydroxylation sites is 2. The van der Waals surface area contributed by atoms with E-state index in [9.17, 15) is 14.8 Å². The predicted molar refractivity (Wildman–Crippen MR) is 118 cm³/mol. The molecule has 30 heavy (non-hydrogen) atoms. The summed E-state index contributed by atoms with van der Waals surface area (Å²) in [6.45, 7) is 0.357. The van der Waals surface area contributed by atoms with E-state index in [-0.39, 0.29) is 17.7 Å². The van der Waals surface area contributed by atoms with Gasteiger partial charge in [0.05, 0.1) is 6.10 Å². The van der Waals surface area contributed by atoms with Gasteiger partial charge in [0, 0.05) is 29.8 Å². The highest BCUT2D eigenvalue weighted by Crippen LogP contribution is 2.46. The molecule has 1 aliphatic heterocycles. The van der Waals surface area contributed by atoms with Crippen molar-refractivity contribution in [3.8, 4) is 11.5 Å². The normalized spacial score (nSPS) is 21.8. The van der Waals surface area contributed by atoms with Crippen molar-refractivity contribution in [2.45, 2.75) is 24.7 Å². The van der Waals surface area contributed by atoms with Gasteiger partial charge in [-0.3, -0.25) is 0 Å². The summed E-state index contributed by atoms with van der Waals surface area (Å²) in [5, 5.41) is 22.2. The van der Waals surface area contributed by atoms with Crippen LogP contribution in [0.25, 0.3) is 0 Å². The van der Waals surface area contributed by atoms with Gasteiger partial charge < -0.3 is 24.3 Å². The fourth-order valence-electron chi connectivity index (χ4n) is 3.81. The van der Waals surface area contributed by atoms with Gasteiger partial charge in [-0.15, -0.1) is 0 Å². The molecule has 6 heteroatoms. The van der Waals surface area contributed by atoms with Crippen LogP contribution in [0, 0.1) is 0 Å². The van der Waals surface area contributed by atoms with Crippen LogP contribution in [0.5, 0.6) is 11.5 Å². The van der Waals surface area contributed by atoms with Crippen LogP contribution in [-0.4, -0.2) is 41.3 Å². The summed E-state index contributed by atoms with van der Waals surface area (Å²) in [5.74, 6) is 0.259. The molecule has 0 saturated carbocycles. The molecule has 3 atom stereocenters. The van der Waals surface area contributed by atoms with Crippen molar-refractivity contribution >= 4 is 17.8 Å². The molecule has 1 saturated heterocycles. The number of phenols is 1. The SMILES string of the molecule is O=P(C[C@H]1OCC[C@@H](O)[C@@H]1Oc1ccccc1O)(c1ccccc1)c1ccccc1. The first-order valence-corrected chi connectivity index (χ1v) is 11.9. The van der Waals surface area contributed by atoms with Crippen molar-refractivity contribution in [2.75, 3.05) is 12.8 Å². The van der Waals surface area contributed by atoms with Gasteiger partial charge in [0.1, 0.15) is 13.2 Å². The minimum atomic E-state index is -3.05. The van der Waals surface area contributed by atoms with Gasteiger partial charge >= 0.3 is 0 Å². The fourth-order valence-corrected chi connectivity index (χ4v) is 6.66. The second kappa shape index (κ2) is 9.05. The molecule has 1 heterocycles. The Hall–Kier alpha value is -2.59. The number of benzene rings is 3. The first-order valence-electron chi connectivity index (χ1n) is 10.0. The van der Waals surface area contributed by atoms with E-state index >= 15 is 0 Å². The van der Waals surface area contributed by atoms with E-state index in [0.29, 0.717) is 13.0 Å². The Balaban J connectivity index is 1.69. The van der Waals surface area contributed by atoms with Crippen molar-refractivity contribution in [2.24, 2.45) is 0 Å². The molecule has 0 radical (unpaired) electrons. The lowest BCUT2D eigenvalue weighted by atomic mass is 10.0. The summed E-state index contributed by atoms with van der Waals surface area (Å²) in [4.78, 5) is 0. The number of ether oxygens (including phenoxy) is 2. The maximum absolute atomic E-state index is 14.4. The van der Waals surface area contributed by atoms with Crippen LogP contribution in [-0.2, 0) is 9.30 Å². The highest BCUT2D eigenvalue weighted by Gasteiger charge is 2.41. The Morgan fingerprint density at radius 1 is 0.900 bits per heavy atom. The number of rotatable bonds is 6. The molecule has 2 N–H and O–H groups in total. The number of aromatic hydroxyl groups is 1. The van der Waals surface area contributed by atoms with Crippen molar-refractivity contribution in [3.05, 3.63) is 84.9 Å². The van der Waals surface area contributed by atoms with E-state index in [1.165, 1.54) is 6.07 Å². The zero-order chi connectivity index (χ0) is 21.0. The van der Waals surface area contributed by atoms with E-state index in [1.54, 1.807) is 18.2 Å². The molecular weight excluding hydrogens is 399 g/mol. The van der Waals surface area contributed by atoms with E-state index < -0.39 is 25.5 Å². The lowest BCUT2D eigenvalue weighted by molar-refractivity contribution is -0.115. The molecule has 0 amide bonds. The molecule has 3 aromatic carbocycles. The third kappa shape index (κ3) is 4.29. The lowest BCUT2D eigenvalue weighted by Gasteiger charge is -2.37. The summed E-state index contributed by atoms with van der Waals surface area (Å²) in [7, 11) is -3.05. The Bertz CT molecular complexity index is 965. The summed E-state index contributed by atoms with van der Waals surface area (Å²) in [5.41, 5.74) is 0. The first-order chi connectivity index (χ1) is 14.6. The molecule has 3 aromatic rings. The van der Waals surface area contributed by atoms with Crippen LogP contribution in [0.2, 0.25) is 0 Å². The van der Waals surface area contributed by atoms with E-state index in [1.807, 2.05) is 60.7 Å². The van der Waals surface area contributed by atoms with Crippen LogP contribution in [0.1, 0.15) is 6.42 Å². The Kier molecular flexibility index (Phi) is 6.24. The summed E-state index contributed by atoms with van der Waals surface area (Å²) in [6, 6.07) is 25.4. The van der Waals surface area contributed by atoms with Crippen molar-refractivity contribution in [1.29, 1.82) is 0 Å². The minimum absolute atomic E-state index is 0.0108. The third-order valence-electron chi connectivity index (χ3n) is 5.40. The molecule has 0 aromatic heterocycles. The lowest BCUT2D eigenvalue weighted by Crippen LogP contribution is -2.50. The molecule has 1 aliphatic rings. The van der Waals surface area contributed by atoms with Crippen LogP contribution in [0.4, 0.5) is 0 Å². The highest BCUT2D eigenvalue weighted by molar-refractivity contribution is 7.78. The van der Waals surface area contributed by atoms with Gasteiger partial charge in [0.15, 0.2) is 17.6 Å². The third-order valence-corrected chi connectivity index (χ3v) is 8.54. The maximum Gasteiger partial charge on any atom is 0.161 e. The molecule has 4 rings (SSSR count). The smallest absolute Gasteiger partial charge is 0.161 e.